The van der Waals surface area contributed by atoms with Crippen molar-refractivity contribution in [2.75, 3.05) is 5.43 Å². The van der Waals surface area contributed by atoms with E-state index < -0.39 is 0 Å². The Morgan fingerprint density at radius 3 is 2.64 bits per heavy atom. The summed E-state index contributed by atoms with van der Waals surface area (Å²) in [6.07, 6.45) is 0. The lowest BCUT2D eigenvalue weighted by Gasteiger charge is -2.02. The molecule has 0 aliphatic rings. The van der Waals surface area contributed by atoms with Gasteiger partial charge in [0.25, 0.3) is 0 Å². The largest absolute Gasteiger partial charge is 0.308 e. The van der Waals surface area contributed by atoms with E-state index in [0.717, 1.165) is 10.8 Å². The monoisotopic (exact) mass is 209 g/mol. The van der Waals surface area contributed by atoms with Crippen molar-refractivity contribution in [3.8, 4) is 0 Å². The van der Waals surface area contributed by atoms with Crippen molar-refractivity contribution in [1.29, 1.82) is 0 Å². The summed E-state index contributed by atoms with van der Waals surface area (Å²) in [7, 11) is 1.77. The second-order valence-electron chi connectivity index (χ2n) is 2.95. The van der Waals surface area contributed by atoms with Crippen molar-refractivity contribution in [2.24, 2.45) is 12.9 Å². The number of rotatable bonds is 1. The molecule has 0 amide bonds. The van der Waals surface area contributed by atoms with Crippen LogP contribution in [-0.2, 0) is 7.05 Å². The Bertz CT molecular complexity index is 483. The van der Waals surface area contributed by atoms with Gasteiger partial charge in [0, 0.05) is 10.5 Å². The van der Waals surface area contributed by atoms with Gasteiger partial charge in [-0.05, 0) is 17.7 Å². The fourth-order valence-electron chi connectivity index (χ4n) is 1.40. The van der Waals surface area contributed by atoms with E-state index in [-0.39, 0.29) is 0 Å². The van der Waals surface area contributed by atoms with E-state index in [1.54, 1.807) is 11.7 Å². The number of nitrogen functional groups attached to an aromatic ring is 1. The normalized spacial score (nSPS) is 10.5. The van der Waals surface area contributed by atoms with Crippen molar-refractivity contribution < 1.29 is 4.68 Å². The molecule has 2 aromatic rings. The number of hydrazine groups is 1. The lowest BCUT2D eigenvalue weighted by atomic mass is 10.2. The fourth-order valence-corrected chi connectivity index (χ4v) is 1.60. The molecule has 1 heterocycles. The van der Waals surface area contributed by atoms with Crippen LogP contribution in [-0.4, -0.2) is 5.10 Å². The maximum Gasteiger partial charge on any atom is 0.308 e. The van der Waals surface area contributed by atoms with E-state index >= 15 is 0 Å². The predicted molar refractivity (Wildman–Crippen MR) is 55.7 cm³/mol. The maximum atomic E-state index is 6.09. The van der Waals surface area contributed by atoms with Gasteiger partial charge in [-0.2, -0.15) is 0 Å². The Balaban J connectivity index is 2.89. The molecule has 5 heteroatoms. The van der Waals surface area contributed by atoms with Gasteiger partial charge in [0.1, 0.15) is 0 Å². The van der Waals surface area contributed by atoms with Crippen molar-refractivity contribution in [2.45, 2.75) is 0 Å². The summed E-state index contributed by atoms with van der Waals surface area (Å²) in [6, 6.07) is 7.69. The average Bonchev–Trinajstić information content (AvgIpc) is 2.23. The van der Waals surface area contributed by atoms with Gasteiger partial charge in [0.15, 0.2) is 7.05 Å². The number of aromatic nitrogens is 2. The Hall–Kier alpha value is -1.39. The number of benzene rings is 1. The highest BCUT2D eigenvalue weighted by Gasteiger charge is 2.14. The molecular formula is C9H10ClN4+. The Morgan fingerprint density at radius 1 is 1.36 bits per heavy atom. The van der Waals surface area contributed by atoms with Crippen LogP contribution < -0.4 is 16.0 Å². The highest BCUT2D eigenvalue weighted by Crippen LogP contribution is 2.23. The number of aryl methyl sites for hydroxylation is 1. The fraction of sp³-hybridized carbons (Fsp3) is 0.111. The molecule has 0 bridgehead atoms. The number of nitrogens with zero attached hydrogens (tertiary/aromatic N) is 2. The molecule has 0 aliphatic heterocycles. The van der Waals surface area contributed by atoms with E-state index in [4.69, 9.17) is 17.4 Å². The van der Waals surface area contributed by atoms with E-state index in [2.05, 4.69) is 10.5 Å². The zero-order valence-corrected chi connectivity index (χ0v) is 8.42. The second-order valence-corrected chi connectivity index (χ2v) is 3.31. The molecule has 0 aliphatic carbocycles. The van der Waals surface area contributed by atoms with E-state index in [1.807, 2.05) is 24.3 Å². The van der Waals surface area contributed by atoms with Gasteiger partial charge in [0.2, 0.25) is 5.82 Å². The van der Waals surface area contributed by atoms with Crippen LogP contribution in [0.15, 0.2) is 24.3 Å². The zero-order valence-electron chi connectivity index (χ0n) is 7.66. The van der Waals surface area contributed by atoms with Crippen LogP contribution in [0.4, 0.5) is 5.82 Å². The molecule has 0 unspecified atom stereocenters. The van der Waals surface area contributed by atoms with Crippen molar-refractivity contribution in [3.63, 3.8) is 0 Å². The lowest BCUT2D eigenvalue weighted by Crippen LogP contribution is -2.35. The molecule has 3 N–H and O–H groups in total. The van der Waals surface area contributed by atoms with Gasteiger partial charge in [-0.15, -0.1) is 0 Å². The predicted octanol–water partition coefficient (Wildman–Crippen LogP) is 0.998. The molecule has 4 nitrogen and oxygen atoms in total. The van der Waals surface area contributed by atoms with Crippen molar-refractivity contribution in [1.82, 2.24) is 5.10 Å². The van der Waals surface area contributed by atoms with Gasteiger partial charge >= 0.3 is 5.15 Å². The molecule has 0 radical (unpaired) electrons. The summed E-state index contributed by atoms with van der Waals surface area (Å²) in [5, 5.41) is 6.61. The molecule has 0 atom stereocenters. The molecule has 72 valence electrons. The summed E-state index contributed by atoms with van der Waals surface area (Å²) < 4.78 is 1.58. The van der Waals surface area contributed by atoms with Crippen LogP contribution in [0.3, 0.4) is 0 Å². The maximum absolute atomic E-state index is 6.09. The first-order chi connectivity index (χ1) is 6.74. The molecular weight excluding hydrogens is 200 g/mol. The molecule has 0 saturated heterocycles. The van der Waals surface area contributed by atoms with Crippen LogP contribution in [0.1, 0.15) is 0 Å². The van der Waals surface area contributed by atoms with Gasteiger partial charge in [-0.1, -0.05) is 22.9 Å². The number of anilines is 1. The summed E-state index contributed by atoms with van der Waals surface area (Å²) in [5.41, 5.74) is 2.55. The van der Waals surface area contributed by atoms with E-state index in [1.165, 1.54) is 0 Å². The first-order valence-corrected chi connectivity index (χ1v) is 4.53. The first kappa shape index (κ1) is 9.18. The van der Waals surface area contributed by atoms with Crippen molar-refractivity contribution >= 4 is 28.2 Å². The summed E-state index contributed by atoms with van der Waals surface area (Å²) in [6.45, 7) is 0. The number of nitrogens with one attached hydrogen (secondary N) is 1. The van der Waals surface area contributed by atoms with Crippen LogP contribution >= 0.6 is 11.6 Å². The van der Waals surface area contributed by atoms with Gasteiger partial charge in [-0.25, -0.2) is 5.84 Å². The summed E-state index contributed by atoms with van der Waals surface area (Å²) in [4.78, 5) is 0. The number of hydrogen-bond donors (Lipinski definition) is 2. The highest BCUT2D eigenvalue weighted by atomic mass is 35.5. The van der Waals surface area contributed by atoms with Crippen molar-refractivity contribution in [3.05, 3.63) is 29.4 Å². The molecule has 2 rings (SSSR count). The molecule has 14 heavy (non-hydrogen) atoms. The Kier molecular flexibility index (Phi) is 2.23. The molecule has 1 aromatic heterocycles. The molecule has 1 aromatic carbocycles. The van der Waals surface area contributed by atoms with Crippen LogP contribution in [0.25, 0.3) is 10.8 Å². The third-order valence-electron chi connectivity index (χ3n) is 2.08. The topological polar surface area (TPSA) is 54.8 Å². The quantitative estimate of drug-likeness (QED) is 0.419. The third-order valence-corrected chi connectivity index (χ3v) is 2.52. The van der Waals surface area contributed by atoms with E-state index in [9.17, 15) is 0 Å². The smallest absolute Gasteiger partial charge is 0.303 e. The number of halogens is 1. The van der Waals surface area contributed by atoms with Gasteiger partial charge < -0.3 is 5.43 Å². The minimum absolute atomic E-state index is 0.597. The Morgan fingerprint density at radius 2 is 2.00 bits per heavy atom. The van der Waals surface area contributed by atoms with Gasteiger partial charge in [-0.3, -0.25) is 0 Å². The summed E-state index contributed by atoms with van der Waals surface area (Å²) in [5.74, 6) is 5.98. The molecule has 0 spiro atoms. The molecule has 0 saturated carbocycles. The number of nitrogens with two attached hydrogens (primary N) is 1. The molecule has 0 fully saturated rings. The minimum atomic E-state index is 0.597. The second kappa shape index (κ2) is 3.40. The Labute approximate surface area is 86.3 Å². The van der Waals surface area contributed by atoms with Crippen LogP contribution in [0.2, 0.25) is 5.15 Å². The third kappa shape index (κ3) is 1.29. The summed E-state index contributed by atoms with van der Waals surface area (Å²) >= 11 is 6.09. The first-order valence-electron chi connectivity index (χ1n) is 4.15. The minimum Gasteiger partial charge on any atom is -0.303 e. The lowest BCUT2D eigenvalue weighted by molar-refractivity contribution is -0.726. The number of hydrogen-bond acceptors (Lipinski definition) is 3. The highest BCUT2D eigenvalue weighted by molar-refractivity contribution is 6.33. The van der Waals surface area contributed by atoms with E-state index in [0.29, 0.717) is 11.0 Å². The zero-order chi connectivity index (χ0) is 10.1. The van der Waals surface area contributed by atoms with Crippen LogP contribution in [0.5, 0.6) is 0 Å². The number of fused-ring (bicyclic) bond motifs is 1. The average molecular weight is 210 g/mol. The van der Waals surface area contributed by atoms with Gasteiger partial charge in [0.05, 0.1) is 5.39 Å². The SMILES string of the molecule is C[n+]1nc(NN)c2ccccc2c1Cl. The standard InChI is InChI=1S/C9H9ClN4/c1-14-8(10)6-4-2-3-5-7(6)9(12-11)13-14/h2-5,11,13H,1H3/p+1. The van der Waals surface area contributed by atoms with Crippen LogP contribution in [0, 0.1) is 0 Å².